The number of carbonyl (C=O) groups is 1. The average Bonchev–Trinajstić information content (AvgIpc) is 3.37. The van der Waals surface area contributed by atoms with Crippen molar-refractivity contribution in [2.75, 3.05) is 33.0 Å². The van der Waals surface area contributed by atoms with Crippen LogP contribution >= 0.6 is 0 Å². The fourth-order valence-corrected chi connectivity index (χ4v) is 3.63. The molecule has 0 saturated carbocycles. The summed E-state index contributed by atoms with van der Waals surface area (Å²) in [6, 6.07) is 21.5. The van der Waals surface area contributed by atoms with Crippen molar-refractivity contribution in [2.24, 2.45) is 0 Å². The van der Waals surface area contributed by atoms with Crippen LogP contribution in [-0.4, -0.2) is 64.4 Å². The summed E-state index contributed by atoms with van der Waals surface area (Å²) in [6.45, 7) is 1.50. The number of oxazole rings is 1. The molecule has 12 heteroatoms. The highest BCUT2D eigenvalue weighted by Gasteiger charge is 2.38. The maximum atomic E-state index is 10.6. The molecule has 0 aliphatic rings. The van der Waals surface area contributed by atoms with E-state index >= 15 is 0 Å². The van der Waals surface area contributed by atoms with E-state index in [0.29, 0.717) is 29.5 Å². The first-order valence-corrected chi connectivity index (χ1v) is 12.3. The van der Waals surface area contributed by atoms with Crippen LogP contribution in [0.2, 0.25) is 0 Å². The zero-order valence-electron chi connectivity index (χ0n) is 22.1. The molecule has 0 aliphatic carbocycles. The summed E-state index contributed by atoms with van der Waals surface area (Å²) in [7, 11) is 4.04. The van der Waals surface area contributed by atoms with Gasteiger partial charge >= 0.3 is 12.1 Å². The average molecular weight is 566 g/mol. The van der Waals surface area contributed by atoms with E-state index in [1.165, 1.54) is 0 Å². The van der Waals surface area contributed by atoms with E-state index in [0.717, 1.165) is 40.2 Å². The molecule has 2 aromatic carbocycles. The fourth-order valence-electron chi connectivity index (χ4n) is 3.63. The molecule has 0 radical (unpaired) electrons. The van der Waals surface area contributed by atoms with Gasteiger partial charge in [-0.05, 0) is 62.1 Å². The third kappa shape index (κ3) is 7.57. The molecule has 0 unspecified atom stereocenters. The first kappa shape index (κ1) is 29.0. The van der Waals surface area contributed by atoms with E-state index in [1.807, 2.05) is 80.8 Å². The maximum Gasteiger partial charge on any atom is 0.490 e. The number of pyridine rings is 2. The number of benzene rings is 2. The van der Waals surface area contributed by atoms with Crippen LogP contribution in [0.5, 0.6) is 5.75 Å². The highest BCUT2D eigenvalue weighted by Crippen LogP contribution is 2.33. The monoisotopic (exact) mass is 565 g/mol. The van der Waals surface area contributed by atoms with E-state index in [2.05, 4.69) is 19.9 Å². The largest absolute Gasteiger partial charge is 0.492 e. The van der Waals surface area contributed by atoms with Crippen LogP contribution in [0.25, 0.3) is 44.9 Å². The third-order valence-corrected chi connectivity index (χ3v) is 5.74. The molecular formula is C29H26F3N5O4. The Morgan fingerprint density at radius 3 is 2.34 bits per heavy atom. The predicted molar refractivity (Wildman–Crippen MR) is 148 cm³/mol. The molecule has 5 rings (SSSR count). The molecule has 5 aromatic rings. The molecule has 3 N–H and O–H groups in total. The lowest BCUT2D eigenvalue weighted by Gasteiger charge is -2.11. The summed E-state index contributed by atoms with van der Waals surface area (Å²) in [4.78, 5) is 24.4. The Kier molecular flexibility index (Phi) is 8.83. The number of aromatic nitrogens is 3. The van der Waals surface area contributed by atoms with Crippen molar-refractivity contribution in [3.63, 3.8) is 0 Å². The van der Waals surface area contributed by atoms with Crippen LogP contribution in [0, 0.1) is 0 Å². The number of nitrogen functional groups attached to an aromatic ring is 1. The topological polar surface area (TPSA) is 128 Å². The first-order chi connectivity index (χ1) is 19.5. The quantitative estimate of drug-likeness (QED) is 0.253. The standard InChI is InChI=1S/C27H25N5O2.C2HF3O2/c1-32(2)13-14-33-21-9-6-18(7-10-21)20-15-22(26(28)30-17-20)27-31-24-11-8-19(16-25(24)34-27)23-5-3-4-12-29-23;3-2(4,5)1(6)7/h3-12,15-17H,13-14H2,1-2H3,(H2,28,30);(H,6,7). The number of carboxylic acids is 1. The molecule has 0 saturated heterocycles. The first-order valence-electron chi connectivity index (χ1n) is 12.3. The van der Waals surface area contributed by atoms with Crippen molar-refractivity contribution in [3.8, 4) is 39.6 Å². The highest BCUT2D eigenvalue weighted by atomic mass is 19.4. The minimum absolute atomic E-state index is 0.365. The lowest BCUT2D eigenvalue weighted by Crippen LogP contribution is -2.21. The van der Waals surface area contributed by atoms with Gasteiger partial charge in [-0.25, -0.2) is 14.8 Å². The van der Waals surface area contributed by atoms with Crippen molar-refractivity contribution >= 4 is 22.9 Å². The van der Waals surface area contributed by atoms with E-state index < -0.39 is 12.1 Å². The van der Waals surface area contributed by atoms with Gasteiger partial charge in [0.2, 0.25) is 5.89 Å². The van der Waals surface area contributed by atoms with E-state index in [1.54, 1.807) is 12.4 Å². The zero-order valence-corrected chi connectivity index (χ0v) is 22.1. The van der Waals surface area contributed by atoms with Crippen LogP contribution in [0.4, 0.5) is 19.0 Å². The summed E-state index contributed by atoms with van der Waals surface area (Å²) in [5.74, 6) is -1.13. The minimum Gasteiger partial charge on any atom is -0.492 e. The van der Waals surface area contributed by atoms with Crippen LogP contribution in [0.1, 0.15) is 0 Å². The lowest BCUT2D eigenvalue weighted by atomic mass is 10.1. The second-order valence-electron chi connectivity index (χ2n) is 9.05. The summed E-state index contributed by atoms with van der Waals surface area (Å²) >= 11 is 0. The predicted octanol–water partition coefficient (Wildman–Crippen LogP) is 5.77. The SMILES string of the molecule is CN(C)CCOc1ccc(-c2cnc(N)c(-c3nc4ccc(-c5ccccn5)cc4o3)c2)cc1.O=C(O)C(F)(F)F. The molecule has 9 nitrogen and oxygen atoms in total. The Bertz CT molecular complexity index is 1620. The Morgan fingerprint density at radius 2 is 1.71 bits per heavy atom. The van der Waals surface area contributed by atoms with E-state index in [-0.39, 0.29) is 0 Å². The number of hydrogen-bond donors (Lipinski definition) is 2. The van der Waals surface area contributed by atoms with E-state index in [9.17, 15) is 13.2 Å². The molecule has 0 atom stereocenters. The number of nitrogens with two attached hydrogens (primary N) is 1. The third-order valence-electron chi connectivity index (χ3n) is 5.74. The molecule has 41 heavy (non-hydrogen) atoms. The number of nitrogens with zero attached hydrogens (tertiary/aromatic N) is 4. The molecule has 3 aromatic heterocycles. The fraction of sp³-hybridized carbons (Fsp3) is 0.172. The molecule has 0 spiro atoms. The highest BCUT2D eigenvalue weighted by molar-refractivity contribution is 5.84. The van der Waals surface area contributed by atoms with Crippen LogP contribution in [0.3, 0.4) is 0 Å². The van der Waals surface area contributed by atoms with Gasteiger partial charge < -0.3 is 24.9 Å². The maximum absolute atomic E-state index is 10.6. The lowest BCUT2D eigenvalue weighted by molar-refractivity contribution is -0.192. The number of halogens is 3. The molecule has 0 amide bonds. The van der Waals surface area contributed by atoms with Gasteiger partial charge in [0, 0.05) is 30.1 Å². The van der Waals surface area contributed by atoms with Gasteiger partial charge in [-0.3, -0.25) is 4.98 Å². The van der Waals surface area contributed by atoms with Crippen molar-refractivity contribution < 1.29 is 32.2 Å². The van der Waals surface area contributed by atoms with Crippen molar-refractivity contribution in [3.05, 3.63) is 79.1 Å². The summed E-state index contributed by atoms with van der Waals surface area (Å²) in [5, 5.41) is 7.12. The molecule has 3 heterocycles. The normalized spacial score (nSPS) is 11.3. The van der Waals surface area contributed by atoms with Crippen LogP contribution < -0.4 is 10.5 Å². The van der Waals surface area contributed by atoms with Gasteiger partial charge in [0.15, 0.2) is 5.58 Å². The van der Waals surface area contributed by atoms with Crippen molar-refractivity contribution in [1.82, 2.24) is 19.9 Å². The van der Waals surface area contributed by atoms with Crippen LogP contribution in [-0.2, 0) is 4.79 Å². The van der Waals surface area contributed by atoms with E-state index in [4.69, 9.17) is 24.8 Å². The number of carboxylic acid groups (broad SMARTS) is 1. The second-order valence-corrected chi connectivity index (χ2v) is 9.05. The number of fused-ring (bicyclic) bond motifs is 1. The van der Waals surface area contributed by atoms with Crippen molar-refractivity contribution in [1.29, 1.82) is 0 Å². The smallest absolute Gasteiger partial charge is 0.490 e. The summed E-state index contributed by atoms with van der Waals surface area (Å²) < 4.78 is 43.6. The van der Waals surface area contributed by atoms with Gasteiger partial charge in [0.05, 0.1) is 11.3 Å². The van der Waals surface area contributed by atoms with Crippen LogP contribution in [0.15, 0.2) is 83.5 Å². The number of anilines is 1. The van der Waals surface area contributed by atoms with Gasteiger partial charge in [0.25, 0.3) is 0 Å². The molecular weight excluding hydrogens is 539 g/mol. The molecule has 0 bridgehead atoms. The molecule has 0 fully saturated rings. The Hall–Kier alpha value is -4.97. The number of rotatable bonds is 7. The number of ether oxygens (including phenoxy) is 1. The molecule has 0 aliphatic heterocycles. The molecule has 212 valence electrons. The number of alkyl halides is 3. The number of likely N-dealkylation sites (N-methyl/N-ethyl adjacent to an activating group) is 1. The van der Waals surface area contributed by atoms with Gasteiger partial charge in [0.1, 0.15) is 23.7 Å². The Balaban J connectivity index is 0.000000493. The van der Waals surface area contributed by atoms with Crippen molar-refractivity contribution in [2.45, 2.75) is 6.18 Å². The minimum atomic E-state index is -5.08. The number of hydrogen-bond acceptors (Lipinski definition) is 8. The van der Waals surface area contributed by atoms with Gasteiger partial charge in [-0.1, -0.05) is 24.3 Å². The second kappa shape index (κ2) is 12.5. The Labute approximate surface area is 233 Å². The number of aliphatic carboxylic acids is 1. The Morgan fingerprint density at radius 1 is 1.00 bits per heavy atom. The zero-order chi connectivity index (χ0) is 29.6. The summed E-state index contributed by atoms with van der Waals surface area (Å²) in [6.07, 6.45) is -1.56. The summed E-state index contributed by atoms with van der Waals surface area (Å²) in [5.41, 5.74) is 12.0. The van der Waals surface area contributed by atoms with Gasteiger partial charge in [-0.15, -0.1) is 0 Å². The van der Waals surface area contributed by atoms with Gasteiger partial charge in [-0.2, -0.15) is 13.2 Å².